The van der Waals surface area contributed by atoms with Gasteiger partial charge in [-0.25, -0.2) is 15.0 Å². The number of hydrogen-bond donors (Lipinski definition) is 2. The van der Waals surface area contributed by atoms with Crippen LogP contribution in [0, 0.1) is 0 Å². The quantitative estimate of drug-likeness (QED) is 0.524. The van der Waals surface area contributed by atoms with Gasteiger partial charge in [-0.15, -0.1) is 36.2 Å². The number of thiazole rings is 1. The van der Waals surface area contributed by atoms with E-state index in [-0.39, 0.29) is 24.8 Å². The Morgan fingerprint density at radius 3 is 2.54 bits per heavy atom. The summed E-state index contributed by atoms with van der Waals surface area (Å²) >= 11 is 1.59. The zero-order chi connectivity index (χ0) is 17.6. The second-order valence-corrected chi connectivity index (χ2v) is 7.53. The SMILES string of the molecule is Cl.Cl.c1cc(Nc2ccc(CNC3CCCCC3)cn2)nc(-c2nccs2)c1. The minimum atomic E-state index is 0. The van der Waals surface area contributed by atoms with Crippen LogP contribution >= 0.6 is 36.2 Å². The third-order valence-electron chi connectivity index (χ3n) is 4.68. The summed E-state index contributed by atoms with van der Waals surface area (Å²) < 4.78 is 0. The van der Waals surface area contributed by atoms with E-state index in [0.717, 1.165) is 28.9 Å². The molecule has 3 aromatic rings. The Morgan fingerprint density at radius 2 is 1.82 bits per heavy atom. The highest BCUT2D eigenvalue weighted by Crippen LogP contribution is 2.22. The van der Waals surface area contributed by atoms with Gasteiger partial charge in [0.2, 0.25) is 0 Å². The van der Waals surface area contributed by atoms with Crippen molar-refractivity contribution in [3.63, 3.8) is 0 Å². The van der Waals surface area contributed by atoms with E-state index in [2.05, 4.69) is 31.7 Å². The van der Waals surface area contributed by atoms with Gasteiger partial charge in [-0.1, -0.05) is 31.4 Å². The van der Waals surface area contributed by atoms with Crippen molar-refractivity contribution in [3.8, 4) is 10.7 Å². The van der Waals surface area contributed by atoms with Crippen molar-refractivity contribution in [2.24, 2.45) is 0 Å². The topological polar surface area (TPSA) is 62.7 Å². The molecular formula is C20H25Cl2N5S. The third kappa shape index (κ3) is 6.14. The molecule has 0 unspecified atom stereocenters. The van der Waals surface area contributed by atoms with Crippen LogP contribution in [0.2, 0.25) is 0 Å². The molecule has 0 aliphatic heterocycles. The Bertz CT molecular complexity index is 821. The maximum atomic E-state index is 4.61. The summed E-state index contributed by atoms with van der Waals surface area (Å²) in [7, 11) is 0. The van der Waals surface area contributed by atoms with Gasteiger partial charge in [0.1, 0.15) is 22.3 Å². The summed E-state index contributed by atoms with van der Waals surface area (Å²) in [5, 5.41) is 9.80. The summed E-state index contributed by atoms with van der Waals surface area (Å²) in [5.41, 5.74) is 2.09. The van der Waals surface area contributed by atoms with Crippen LogP contribution in [0.3, 0.4) is 0 Å². The minimum absolute atomic E-state index is 0. The Kier molecular flexibility index (Phi) is 9.12. The van der Waals surface area contributed by atoms with Crippen molar-refractivity contribution in [1.29, 1.82) is 0 Å². The predicted molar refractivity (Wildman–Crippen MR) is 121 cm³/mol. The molecule has 1 saturated carbocycles. The number of rotatable bonds is 6. The molecule has 3 aromatic heterocycles. The van der Waals surface area contributed by atoms with Gasteiger partial charge in [0, 0.05) is 30.4 Å². The molecule has 5 nitrogen and oxygen atoms in total. The molecule has 0 radical (unpaired) electrons. The van der Waals surface area contributed by atoms with Crippen molar-refractivity contribution in [3.05, 3.63) is 53.7 Å². The van der Waals surface area contributed by atoms with Gasteiger partial charge in [0.25, 0.3) is 0 Å². The fourth-order valence-corrected chi connectivity index (χ4v) is 3.88. The van der Waals surface area contributed by atoms with Crippen molar-refractivity contribution in [2.45, 2.75) is 44.7 Å². The number of nitrogens with one attached hydrogen (secondary N) is 2. The molecule has 4 rings (SSSR count). The van der Waals surface area contributed by atoms with Crippen molar-refractivity contribution < 1.29 is 0 Å². The average molecular weight is 438 g/mol. The first-order valence-electron chi connectivity index (χ1n) is 9.19. The van der Waals surface area contributed by atoms with Crippen LogP contribution in [0.4, 0.5) is 11.6 Å². The van der Waals surface area contributed by atoms with E-state index in [1.165, 1.54) is 37.7 Å². The molecule has 0 amide bonds. The molecule has 1 fully saturated rings. The standard InChI is InChI=1S/C20H23N5S.2ClH/c1-2-5-16(6-3-1)22-13-15-9-10-18(23-14-15)25-19-8-4-7-17(24-19)20-21-11-12-26-20;;/h4,7-12,14,16,22H,1-3,5-6,13H2,(H,23,24,25);2*1H. The second kappa shape index (κ2) is 11.3. The molecule has 1 aliphatic carbocycles. The Labute approximate surface area is 182 Å². The van der Waals surface area contributed by atoms with E-state index in [0.29, 0.717) is 6.04 Å². The third-order valence-corrected chi connectivity index (χ3v) is 5.48. The molecule has 150 valence electrons. The van der Waals surface area contributed by atoms with E-state index in [1.54, 1.807) is 17.5 Å². The van der Waals surface area contributed by atoms with Gasteiger partial charge in [-0.3, -0.25) is 0 Å². The number of halogens is 2. The van der Waals surface area contributed by atoms with Crippen LogP contribution in [0.25, 0.3) is 10.7 Å². The Hall–Kier alpha value is -1.73. The lowest BCUT2D eigenvalue weighted by molar-refractivity contribution is 0.372. The van der Waals surface area contributed by atoms with Crippen molar-refractivity contribution in [2.75, 3.05) is 5.32 Å². The van der Waals surface area contributed by atoms with Crippen LogP contribution in [-0.4, -0.2) is 21.0 Å². The zero-order valence-corrected chi connectivity index (χ0v) is 18.0. The smallest absolute Gasteiger partial charge is 0.141 e. The lowest BCUT2D eigenvalue weighted by Gasteiger charge is -2.22. The number of hydrogen-bond acceptors (Lipinski definition) is 6. The predicted octanol–water partition coefficient (Wildman–Crippen LogP) is 5.61. The summed E-state index contributed by atoms with van der Waals surface area (Å²) in [6.07, 6.45) is 10.4. The second-order valence-electron chi connectivity index (χ2n) is 6.64. The molecule has 8 heteroatoms. The van der Waals surface area contributed by atoms with E-state index >= 15 is 0 Å². The largest absolute Gasteiger partial charge is 0.325 e. The summed E-state index contributed by atoms with van der Waals surface area (Å²) in [6, 6.07) is 10.7. The molecular weight excluding hydrogens is 413 g/mol. The van der Waals surface area contributed by atoms with E-state index in [4.69, 9.17) is 0 Å². The lowest BCUT2D eigenvalue weighted by Crippen LogP contribution is -2.30. The van der Waals surface area contributed by atoms with Gasteiger partial charge in [-0.2, -0.15) is 0 Å². The molecule has 3 heterocycles. The lowest BCUT2D eigenvalue weighted by atomic mass is 9.95. The first-order valence-corrected chi connectivity index (χ1v) is 10.1. The van der Waals surface area contributed by atoms with Gasteiger partial charge in [0.05, 0.1) is 0 Å². The molecule has 0 aromatic carbocycles. The van der Waals surface area contributed by atoms with Crippen LogP contribution in [0.15, 0.2) is 48.1 Å². The molecule has 28 heavy (non-hydrogen) atoms. The number of pyridine rings is 2. The molecule has 1 aliphatic rings. The van der Waals surface area contributed by atoms with Gasteiger partial charge < -0.3 is 10.6 Å². The van der Waals surface area contributed by atoms with E-state index in [9.17, 15) is 0 Å². The van der Waals surface area contributed by atoms with Gasteiger partial charge in [0.15, 0.2) is 0 Å². The van der Waals surface area contributed by atoms with Crippen LogP contribution in [0.5, 0.6) is 0 Å². The summed E-state index contributed by atoms with van der Waals surface area (Å²) in [6.45, 7) is 0.885. The zero-order valence-electron chi connectivity index (χ0n) is 15.5. The fraction of sp³-hybridized carbons (Fsp3) is 0.350. The number of aromatic nitrogens is 3. The Balaban J connectivity index is 0.00000140. The van der Waals surface area contributed by atoms with Crippen LogP contribution < -0.4 is 10.6 Å². The minimum Gasteiger partial charge on any atom is -0.325 e. The molecule has 0 spiro atoms. The van der Waals surface area contributed by atoms with Gasteiger partial charge in [-0.05, 0) is 36.6 Å². The highest BCUT2D eigenvalue weighted by molar-refractivity contribution is 7.13. The average Bonchev–Trinajstić information content (AvgIpc) is 3.23. The molecule has 0 saturated heterocycles. The normalized spacial score (nSPS) is 14.0. The van der Waals surface area contributed by atoms with E-state index < -0.39 is 0 Å². The number of nitrogens with zero attached hydrogens (tertiary/aromatic N) is 3. The monoisotopic (exact) mass is 437 g/mol. The van der Waals surface area contributed by atoms with Crippen LogP contribution in [-0.2, 0) is 6.54 Å². The highest BCUT2D eigenvalue weighted by Gasteiger charge is 2.12. The maximum absolute atomic E-state index is 4.61. The first kappa shape index (κ1) is 22.6. The first-order chi connectivity index (χ1) is 12.9. The van der Waals surface area contributed by atoms with Gasteiger partial charge >= 0.3 is 0 Å². The fourth-order valence-electron chi connectivity index (χ4n) is 3.28. The number of anilines is 2. The maximum Gasteiger partial charge on any atom is 0.141 e. The molecule has 0 bridgehead atoms. The van der Waals surface area contributed by atoms with Crippen LogP contribution in [0.1, 0.15) is 37.7 Å². The molecule has 0 atom stereocenters. The van der Waals surface area contributed by atoms with Crippen molar-refractivity contribution in [1.82, 2.24) is 20.3 Å². The summed E-state index contributed by atoms with van der Waals surface area (Å²) in [4.78, 5) is 13.5. The summed E-state index contributed by atoms with van der Waals surface area (Å²) in [5.74, 6) is 1.58. The highest BCUT2D eigenvalue weighted by atomic mass is 35.5. The van der Waals surface area contributed by atoms with E-state index in [1.807, 2.05) is 35.8 Å². The molecule has 2 N–H and O–H groups in total. The van der Waals surface area contributed by atoms with Crippen molar-refractivity contribution >= 4 is 47.8 Å². The Morgan fingerprint density at radius 1 is 0.964 bits per heavy atom.